The van der Waals surface area contributed by atoms with Crippen LogP contribution < -0.4 is 10.1 Å². The molecule has 0 bridgehead atoms. The zero-order valence-corrected chi connectivity index (χ0v) is 19.7. The molecule has 0 saturated heterocycles. The predicted molar refractivity (Wildman–Crippen MR) is 140 cm³/mol. The Morgan fingerprint density at radius 2 is 1.65 bits per heavy atom. The second-order valence-corrected chi connectivity index (χ2v) is 8.90. The van der Waals surface area contributed by atoms with Crippen molar-refractivity contribution in [3.05, 3.63) is 90.5 Å². The summed E-state index contributed by atoms with van der Waals surface area (Å²) in [5.74, 6) is 1.36. The second-order valence-electron chi connectivity index (χ2n) is 7.94. The maximum absolute atomic E-state index is 12.8. The third kappa shape index (κ3) is 4.45. The Kier molecular flexibility index (Phi) is 6.14. The van der Waals surface area contributed by atoms with Crippen molar-refractivity contribution < 1.29 is 9.53 Å². The number of carbonyl (C=O) groups is 1. The Labute approximate surface area is 202 Å². The largest absolute Gasteiger partial charge is 0.495 e. The molecule has 0 fully saturated rings. The number of fused-ring (bicyclic) bond motifs is 3. The first kappa shape index (κ1) is 21.9. The van der Waals surface area contributed by atoms with E-state index < -0.39 is 0 Å². The number of thioether (sulfide) groups is 1. The van der Waals surface area contributed by atoms with Gasteiger partial charge in [0.05, 0.1) is 24.1 Å². The molecular formula is C28H23N3O2S. The number of aromatic nitrogens is 2. The third-order valence-corrected chi connectivity index (χ3v) is 6.58. The van der Waals surface area contributed by atoms with Gasteiger partial charge in [-0.05, 0) is 30.5 Å². The van der Waals surface area contributed by atoms with Gasteiger partial charge in [-0.3, -0.25) is 4.79 Å². The third-order valence-electron chi connectivity index (χ3n) is 5.59. The van der Waals surface area contributed by atoms with Crippen LogP contribution >= 0.6 is 11.8 Å². The van der Waals surface area contributed by atoms with Gasteiger partial charge < -0.3 is 10.1 Å². The van der Waals surface area contributed by atoms with Crippen molar-refractivity contribution in [3.8, 4) is 17.1 Å². The normalized spacial score (nSPS) is 11.0. The monoisotopic (exact) mass is 465 g/mol. The van der Waals surface area contributed by atoms with Crippen LogP contribution in [0.5, 0.6) is 5.75 Å². The smallest absolute Gasteiger partial charge is 0.234 e. The van der Waals surface area contributed by atoms with Crippen molar-refractivity contribution in [1.82, 2.24) is 9.97 Å². The Bertz CT molecular complexity index is 1500. The Hall–Kier alpha value is -3.90. The van der Waals surface area contributed by atoms with Gasteiger partial charge in [-0.1, -0.05) is 84.1 Å². The molecule has 0 saturated carbocycles. The molecule has 5 rings (SSSR count). The number of methoxy groups -OCH3 is 1. The van der Waals surface area contributed by atoms with E-state index in [1.165, 1.54) is 17.3 Å². The van der Waals surface area contributed by atoms with E-state index in [0.29, 0.717) is 17.3 Å². The number of nitrogens with one attached hydrogen (secondary N) is 1. The molecule has 1 N–H and O–H groups in total. The van der Waals surface area contributed by atoms with E-state index in [1.807, 2.05) is 54.6 Å². The van der Waals surface area contributed by atoms with E-state index in [4.69, 9.17) is 14.7 Å². The van der Waals surface area contributed by atoms with Crippen molar-refractivity contribution >= 4 is 45.0 Å². The van der Waals surface area contributed by atoms with Crippen LogP contribution in [-0.2, 0) is 4.79 Å². The second kappa shape index (κ2) is 9.53. The number of hydrogen-bond donors (Lipinski definition) is 1. The zero-order chi connectivity index (χ0) is 23.5. The number of hydrogen-bond acceptors (Lipinski definition) is 5. The molecule has 34 heavy (non-hydrogen) atoms. The van der Waals surface area contributed by atoms with E-state index in [1.54, 1.807) is 7.11 Å². The van der Waals surface area contributed by atoms with Crippen LogP contribution in [0.1, 0.15) is 5.56 Å². The minimum atomic E-state index is -0.126. The highest BCUT2D eigenvalue weighted by Gasteiger charge is 2.15. The number of para-hydroxylation sites is 2. The molecular weight excluding hydrogens is 442 g/mol. The van der Waals surface area contributed by atoms with Gasteiger partial charge in [0, 0.05) is 16.3 Å². The first-order valence-corrected chi connectivity index (χ1v) is 11.9. The number of anilines is 1. The Balaban J connectivity index is 1.52. The van der Waals surface area contributed by atoms with E-state index >= 15 is 0 Å². The lowest BCUT2D eigenvalue weighted by molar-refractivity contribution is -0.113. The molecule has 0 aliphatic rings. The lowest BCUT2D eigenvalue weighted by atomic mass is 10.1. The number of benzene rings is 4. The summed E-state index contributed by atoms with van der Waals surface area (Å²) in [4.78, 5) is 22.6. The van der Waals surface area contributed by atoms with Crippen molar-refractivity contribution in [1.29, 1.82) is 0 Å². The molecule has 1 heterocycles. The average Bonchev–Trinajstić information content (AvgIpc) is 2.87. The summed E-state index contributed by atoms with van der Waals surface area (Å²) in [6.07, 6.45) is 0. The average molecular weight is 466 g/mol. The van der Waals surface area contributed by atoms with Gasteiger partial charge in [-0.2, -0.15) is 0 Å². The molecule has 1 aromatic heterocycles. The van der Waals surface area contributed by atoms with Crippen LogP contribution in [0.15, 0.2) is 90.0 Å². The minimum Gasteiger partial charge on any atom is -0.495 e. The van der Waals surface area contributed by atoms with Crippen molar-refractivity contribution in [2.75, 3.05) is 18.2 Å². The van der Waals surface area contributed by atoms with Gasteiger partial charge in [0.2, 0.25) is 5.91 Å². The summed E-state index contributed by atoms with van der Waals surface area (Å²) in [5, 5.41) is 6.83. The molecule has 168 valence electrons. The standard InChI is InChI=1S/C28H23N3O2S/c1-18-11-13-20(14-12-18)27-30-26-21-8-4-3-7-19(21)15-16-22(26)28(31-27)34-17-25(32)29-23-9-5-6-10-24(23)33-2/h3-16H,17H2,1-2H3,(H,29,32). The summed E-state index contributed by atoms with van der Waals surface area (Å²) in [6, 6.07) is 27.9. The molecule has 0 aliphatic heterocycles. The van der Waals surface area contributed by atoms with Gasteiger partial charge in [0.25, 0.3) is 0 Å². The number of nitrogens with zero attached hydrogens (tertiary/aromatic N) is 2. The highest BCUT2D eigenvalue weighted by atomic mass is 32.2. The van der Waals surface area contributed by atoms with Gasteiger partial charge in [-0.15, -0.1) is 0 Å². The molecule has 0 spiro atoms. The maximum Gasteiger partial charge on any atom is 0.234 e. The minimum absolute atomic E-state index is 0.126. The van der Waals surface area contributed by atoms with Crippen LogP contribution in [0.25, 0.3) is 33.1 Å². The van der Waals surface area contributed by atoms with Crippen LogP contribution in [0.4, 0.5) is 5.69 Å². The fourth-order valence-corrected chi connectivity index (χ4v) is 4.66. The molecule has 6 heteroatoms. The summed E-state index contributed by atoms with van der Waals surface area (Å²) >= 11 is 1.41. The van der Waals surface area contributed by atoms with Crippen molar-refractivity contribution in [2.45, 2.75) is 11.9 Å². The lowest BCUT2D eigenvalue weighted by Gasteiger charge is -2.12. The number of aryl methyl sites for hydroxylation is 1. The van der Waals surface area contributed by atoms with Crippen LogP contribution in [0, 0.1) is 6.92 Å². The summed E-state index contributed by atoms with van der Waals surface area (Å²) in [7, 11) is 1.59. The van der Waals surface area contributed by atoms with Crippen molar-refractivity contribution in [2.24, 2.45) is 0 Å². The van der Waals surface area contributed by atoms with Crippen LogP contribution in [0.3, 0.4) is 0 Å². The Morgan fingerprint density at radius 3 is 2.47 bits per heavy atom. The predicted octanol–water partition coefficient (Wildman–Crippen LogP) is 6.50. The van der Waals surface area contributed by atoms with Crippen LogP contribution in [0.2, 0.25) is 0 Å². The molecule has 0 aliphatic carbocycles. The van der Waals surface area contributed by atoms with Gasteiger partial charge in [0.15, 0.2) is 5.82 Å². The van der Waals surface area contributed by atoms with Gasteiger partial charge >= 0.3 is 0 Å². The summed E-state index contributed by atoms with van der Waals surface area (Å²) in [6.45, 7) is 2.06. The van der Waals surface area contributed by atoms with E-state index in [2.05, 4.69) is 42.6 Å². The fourth-order valence-electron chi connectivity index (χ4n) is 3.85. The maximum atomic E-state index is 12.8. The number of ether oxygens (including phenoxy) is 1. The quantitative estimate of drug-likeness (QED) is 0.176. The fraction of sp³-hybridized carbons (Fsp3) is 0.107. The molecule has 0 radical (unpaired) electrons. The molecule has 1 amide bonds. The molecule has 0 unspecified atom stereocenters. The summed E-state index contributed by atoms with van der Waals surface area (Å²) in [5.41, 5.74) is 3.66. The number of amides is 1. The van der Waals surface area contributed by atoms with E-state index in [-0.39, 0.29) is 11.7 Å². The van der Waals surface area contributed by atoms with Crippen molar-refractivity contribution in [3.63, 3.8) is 0 Å². The zero-order valence-electron chi connectivity index (χ0n) is 18.9. The van der Waals surface area contributed by atoms with Crippen LogP contribution in [-0.4, -0.2) is 28.7 Å². The molecule has 5 aromatic rings. The Morgan fingerprint density at radius 1 is 0.882 bits per heavy atom. The highest BCUT2D eigenvalue weighted by Crippen LogP contribution is 2.33. The molecule has 5 nitrogen and oxygen atoms in total. The topological polar surface area (TPSA) is 64.1 Å². The first-order chi connectivity index (χ1) is 16.6. The number of carbonyl (C=O) groups excluding carboxylic acids is 1. The highest BCUT2D eigenvalue weighted by molar-refractivity contribution is 8.00. The first-order valence-electron chi connectivity index (χ1n) is 10.9. The number of rotatable bonds is 6. The summed E-state index contributed by atoms with van der Waals surface area (Å²) < 4.78 is 5.34. The SMILES string of the molecule is COc1ccccc1NC(=O)CSc1nc(-c2ccc(C)cc2)nc2c1ccc1ccccc12. The van der Waals surface area contributed by atoms with E-state index in [0.717, 1.165) is 32.3 Å². The molecule has 0 atom stereocenters. The van der Waals surface area contributed by atoms with Gasteiger partial charge in [0.1, 0.15) is 10.8 Å². The van der Waals surface area contributed by atoms with Gasteiger partial charge in [-0.25, -0.2) is 9.97 Å². The lowest BCUT2D eigenvalue weighted by Crippen LogP contribution is -2.14. The van der Waals surface area contributed by atoms with E-state index in [9.17, 15) is 4.79 Å². The molecule has 4 aromatic carbocycles.